The summed E-state index contributed by atoms with van der Waals surface area (Å²) in [5.41, 5.74) is 2.03. The van der Waals surface area contributed by atoms with Gasteiger partial charge in [0, 0.05) is 32.1 Å². The first-order valence-corrected chi connectivity index (χ1v) is 7.29. The molecule has 1 amide bonds. The topological polar surface area (TPSA) is 45.3 Å². The van der Waals surface area contributed by atoms with E-state index >= 15 is 0 Å². The van der Waals surface area contributed by atoms with Crippen molar-refractivity contribution in [1.82, 2.24) is 9.88 Å². The molecule has 4 heteroatoms. The second-order valence-corrected chi connectivity index (χ2v) is 5.44. The Bertz CT molecular complexity index is 576. The molecule has 110 valence electrons. The van der Waals surface area contributed by atoms with Crippen molar-refractivity contribution in [2.45, 2.75) is 31.5 Å². The van der Waals surface area contributed by atoms with E-state index in [9.17, 15) is 4.79 Å². The van der Waals surface area contributed by atoms with Gasteiger partial charge in [0.15, 0.2) is 6.10 Å². The highest BCUT2D eigenvalue weighted by Crippen LogP contribution is 2.32. The molecule has 2 aromatic rings. The number of rotatable bonds is 6. The van der Waals surface area contributed by atoms with Gasteiger partial charge >= 0.3 is 0 Å². The molecule has 1 saturated carbocycles. The van der Waals surface area contributed by atoms with Crippen LogP contribution in [0, 0.1) is 0 Å². The standard InChI is InChI=1S/C17H20N2O2/c1-21-16(14-5-3-2-4-6-14)17(20)19(15-7-8-15)12-13-9-10-18-11-13/h2-6,9-11,15-16,18H,7-8,12H2,1H3/t16-/m1/s1. The van der Waals surface area contributed by atoms with Crippen molar-refractivity contribution < 1.29 is 9.53 Å². The molecular weight excluding hydrogens is 264 g/mol. The zero-order chi connectivity index (χ0) is 14.7. The van der Waals surface area contributed by atoms with Crippen molar-refractivity contribution >= 4 is 5.91 Å². The number of hydrogen-bond donors (Lipinski definition) is 1. The third-order valence-electron chi connectivity index (χ3n) is 3.85. The number of nitrogens with zero attached hydrogens (tertiary/aromatic N) is 1. The van der Waals surface area contributed by atoms with E-state index < -0.39 is 6.10 Å². The Morgan fingerprint density at radius 3 is 2.67 bits per heavy atom. The van der Waals surface area contributed by atoms with Crippen LogP contribution in [0.5, 0.6) is 0 Å². The van der Waals surface area contributed by atoms with Crippen LogP contribution in [0.2, 0.25) is 0 Å². The minimum absolute atomic E-state index is 0.0485. The Morgan fingerprint density at radius 1 is 1.33 bits per heavy atom. The summed E-state index contributed by atoms with van der Waals surface area (Å²) < 4.78 is 5.48. The number of H-pyrrole nitrogens is 1. The number of carbonyl (C=O) groups excluding carboxylic acids is 1. The lowest BCUT2D eigenvalue weighted by Gasteiger charge is -2.26. The second kappa shape index (κ2) is 6.14. The van der Waals surface area contributed by atoms with E-state index in [0.29, 0.717) is 12.6 Å². The van der Waals surface area contributed by atoms with Gasteiger partial charge in [-0.25, -0.2) is 0 Å². The number of ether oxygens (including phenoxy) is 1. The van der Waals surface area contributed by atoms with E-state index in [2.05, 4.69) is 4.98 Å². The Kier molecular flexibility index (Phi) is 4.06. The van der Waals surface area contributed by atoms with E-state index in [1.807, 2.05) is 53.7 Å². The molecule has 1 aromatic carbocycles. The molecule has 1 atom stereocenters. The lowest BCUT2D eigenvalue weighted by molar-refractivity contribution is -0.143. The third kappa shape index (κ3) is 3.16. The molecule has 0 radical (unpaired) electrons. The summed E-state index contributed by atoms with van der Waals surface area (Å²) in [5.74, 6) is 0.0485. The lowest BCUT2D eigenvalue weighted by Crippen LogP contribution is -2.37. The van der Waals surface area contributed by atoms with Crippen LogP contribution in [0.25, 0.3) is 0 Å². The third-order valence-corrected chi connectivity index (χ3v) is 3.85. The van der Waals surface area contributed by atoms with Gasteiger partial charge in [0.25, 0.3) is 5.91 Å². The summed E-state index contributed by atoms with van der Waals surface area (Å²) >= 11 is 0. The van der Waals surface area contributed by atoms with Gasteiger partial charge in [-0.15, -0.1) is 0 Å². The van der Waals surface area contributed by atoms with Crippen LogP contribution in [0.15, 0.2) is 48.8 Å². The zero-order valence-corrected chi connectivity index (χ0v) is 12.2. The van der Waals surface area contributed by atoms with Crippen LogP contribution >= 0.6 is 0 Å². The van der Waals surface area contributed by atoms with Gasteiger partial charge in [-0.3, -0.25) is 4.79 Å². The highest BCUT2D eigenvalue weighted by molar-refractivity contribution is 5.83. The Balaban J connectivity index is 1.79. The predicted octanol–water partition coefficient (Wildman–Crippen LogP) is 2.89. The van der Waals surface area contributed by atoms with Gasteiger partial charge in [0.2, 0.25) is 0 Å². The summed E-state index contributed by atoms with van der Waals surface area (Å²) in [6.07, 6.45) is 5.47. The van der Waals surface area contributed by atoms with Gasteiger partial charge in [-0.1, -0.05) is 30.3 Å². The van der Waals surface area contributed by atoms with Gasteiger partial charge in [0.05, 0.1) is 0 Å². The zero-order valence-electron chi connectivity index (χ0n) is 12.2. The van der Waals surface area contributed by atoms with Crippen molar-refractivity contribution in [2.75, 3.05) is 7.11 Å². The first kappa shape index (κ1) is 13.9. The fourth-order valence-electron chi connectivity index (χ4n) is 2.58. The van der Waals surface area contributed by atoms with Gasteiger partial charge in [-0.2, -0.15) is 0 Å². The van der Waals surface area contributed by atoms with E-state index in [1.165, 1.54) is 0 Å². The van der Waals surface area contributed by atoms with E-state index in [1.54, 1.807) is 7.11 Å². The minimum Gasteiger partial charge on any atom is -0.367 e. The maximum Gasteiger partial charge on any atom is 0.256 e. The highest BCUT2D eigenvalue weighted by atomic mass is 16.5. The molecule has 0 saturated heterocycles. The molecule has 1 heterocycles. The predicted molar refractivity (Wildman–Crippen MR) is 80.6 cm³/mol. The fourth-order valence-corrected chi connectivity index (χ4v) is 2.58. The molecule has 0 aliphatic heterocycles. The molecule has 1 aliphatic carbocycles. The maximum atomic E-state index is 12.9. The number of amides is 1. The first-order chi connectivity index (χ1) is 10.3. The van der Waals surface area contributed by atoms with Crippen molar-refractivity contribution in [3.8, 4) is 0 Å². The molecule has 1 fully saturated rings. The number of methoxy groups -OCH3 is 1. The molecule has 0 bridgehead atoms. The monoisotopic (exact) mass is 284 g/mol. The first-order valence-electron chi connectivity index (χ1n) is 7.29. The Hall–Kier alpha value is -2.07. The van der Waals surface area contributed by atoms with Crippen LogP contribution in [-0.4, -0.2) is 28.9 Å². The molecule has 0 unspecified atom stereocenters. The minimum atomic E-state index is -0.522. The average Bonchev–Trinajstić information content (AvgIpc) is 3.23. The molecule has 0 spiro atoms. The molecule has 1 N–H and O–H groups in total. The normalized spacial score (nSPS) is 15.7. The smallest absolute Gasteiger partial charge is 0.256 e. The van der Waals surface area contributed by atoms with Crippen molar-refractivity contribution in [3.05, 3.63) is 59.9 Å². The SMILES string of the molecule is CO[C@@H](C(=O)N(Cc1cc[nH]c1)C1CC1)c1ccccc1. The van der Waals surface area contributed by atoms with Crippen molar-refractivity contribution in [2.24, 2.45) is 0 Å². The number of aromatic amines is 1. The number of aromatic nitrogens is 1. The second-order valence-electron chi connectivity index (χ2n) is 5.44. The fraction of sp³-hybridized carbons (Fsp3) is 0.353. The van der Waals surface area contributed by atoms with Crippen LogP contribution in [0.4, 0.5) is 0 Å². The van der Waals surface area contributed by atoms with Gasteiger partial charge in [-0.05, 0) is 30.0 Å². The number of carbonyl (C=O) groups is 1. The summed E-state index contributed by atoms with van der Waals surface area (Å²) in [4.78, 5) is 17.9. The van der Waals surface area contributed by atoms with Gasteiger partial charge < -0.3 is 14.6 Å². The van der Waals surface area contributed by atoms with Gasteiger partial charge in [0.1, 0.15) is 0 Å². The Morgan fingerprint density at radius 2 is 2.10 bits per heavy atom. The largest absolute Gasteiger partial charge is 0.367 e. The van der Waals surface area contributed by atoms with E-state index in [4.69, 9.17) is 4.74 Å². The molecule has 1 aliphatic rings. The maximum absolute atomic E-state index is 12.9. The highest BCUT2D eigenvalue weighted by Gasteiger charge is 2.36. The molecule has 21 heavy (non-hydrogen) atoms. The van der Waals surface area contributed by atoms with Crippen LogP contribution in [0.1, 0.15) is 30.1 Å². The number of benzene rings is 1. The molecule has 1 aromatic heterocycles. The molecular formula is C17H20N2O2. The number of nitrogens with one attached hydrogen (secondary N) is 1. The quantitative estimate of drug-likeness (QED) is 0.886. The van der Waals surface area contributed by atoms with Crippen LogP contribution in [-0.2, 0) is 16.1 Å². The van der Waals surface area contributed by atoms with Crippen molar-refractivity contribution in [3.63, 3.8) is 0 Å². The summed E-state index contributed by atoms with van der Waals surface area (Å²) in [6.45, 7) is 0.639. The van der Waals surface area contributed by atoms with Crippen LogP contribution < -0.4 is 0 Å². The number of hydrogen-bond acceptors (Lipinski definition) is 2. The summed E-state index contributed by atoms with van der Waals surface area (Å²) in [7, 11) is 1.59. The van der Waals surface area contributed by atoms with E-state index in [0.717, 1.165) is 24.0 Å². The lowest BCUT2D eigenvalue weighted by atomic mass is 10.1. The molecule has 4 nitrogen and oxygen atoms in total. The summed E-state index contributed by atoms with van der Waals surface area (Å²) in [6, 6.07) is 12.0. The van der Waals surface area contributed by atoms with Crippen LogP contribution in [0.3, 0.4) is 0 Å². The van der Waals surface area contributed by atoms with Crippen molar-refractivity contribution in [1.29, 1.82) is 0 Å². The molecule has 3 rings (SSSR count). The summed E-state index contributed by atoms with van der Waals surface area (Å²) in [5, 5.41) is 0. The van der Waals surface area contributed by atoms with E-state index in [-0.39, 0.29) is 5.91 Å². The average molecular weight is 284 g/mol. The Labute approximate surface area is 124 Å².